The van der Waals surface area contributed by atoms with Gasteiger partial charge in [-0.25, -0.2) is 0 Å². The fourth-order valence-electron chi connectivity index (χ4n) is 2.14. The predicted octanol–water partition coefficient (Wildman–Crippen LogP) is 0.279. The topological polar surface area (TPSA) is 111 Å². The first-order valence-electron chi connectivity index (χ1n) is 6.85. The summed E-state index contributed by atoms with van der Waals surface area (Å²) in [5.41, 5.74) is 0. The first-order chi connectivity index (χ1) is 10.3. The van der Waals surface area contributed by atoms with Gasteiger partial charge in [0.15, 0.2) is 6.79 Å². The Labute approximate surface area is 128 Å². The van der Waals surface area contributed by atoms with Gasteiger partial charge in [-0.05, 0) is 13.3 Å². The molecular formula is C14H21NO7. The maximum Gasteiger partial charge on any atom is 0.311 e. The van der Waals surface area contributed by atoms with E-state index in [0.29, 0.717) is 5.76 Å². The van der Waals surface area contributed by atoms with Crippen LogP contribution in [0.5, 0.6) is 0 Å². The quantitative estimate of drug-likeness (QED) is 0.272. The Morgan fingerprint density at radius 2 is 1.91 bits per heavy atom. The Balaban J connectivity index is 2.35. The van der Waals surface area contributed by atoms with Crippen molar-refractivity contribution in [1.29, 1.82) is 0 Å². The highest BCUT2D eigenvalue weighted by Gasteiger charge is 2.51. The zero-order valence-electron chi connectivity index (χ0n) is 12.7. The fraction of sp³-hybridized carbons (Fsp3) is 0.643. The van der Waals surface area contributed by atoms with E-state index in [1.165, 1.54) is 6.92 Å². The van der Waals surface area contributed by atoms with E-state index in [4.69, 9.17) is 19.3 Å². The molecule has 1 aliphatic carbocycles. The van der Waals surface area contributed by atoms with Gasteiger partial charge in [0, 0.05) is 13.0 Å². The lowest BCUT2D eigenvalue weighted by molar-refractivity contribution is -0.169. The lowest BCUT2D eigenvalue weighted by atomic mass is 9.69. The van der Waals surface area contributed by atoms with Crippen LogP contribution in [0.3, 0.4) is 0 Å². The van der Waals surface area contributed by atoms with Gasteiger partial charge < -0.3 is 24.6 Å². The summed E-state index contributed by atoms with van der Waals surface area (Å²) >= 11 is 0. The zero-order chi connectivity index (χ0) is 16.7. The Kier molecular flexibility index (Phi) is 6.84. The molecule has 0 radical (unpaired) electrons. The number of carbonyl (C=O) groups is 3. The molecule has 8 heteroatoms. The highest BCUT2D eigenvalue weighted by atomic mass is 16.7. The van der Waals surface area contributed by atoms with Gasteiger partial charge in [-0.2, -0.15) is 0 Å². The number of aliphatic carboxylic acids is 1. The molecule has 0 saturated heterocycles. The van der Waals surface area contributed by atoms with Gasteiger partial charge >= 0.3 is 11.9 Å². The van der Waals surface area contributed by atoms with Crippen molar-refractivity contribution in [3.63, 3.8) is 0 Å². The minimum absolute atomic E-state index is 0.00256. The lowest BCUT2D eigenvalue weighted by Gasteiger charge is -2.40. The smallest absolute Gasteiger partial charge is 0.311 e. The summed E-state index contributed by atoms with van der Waals surface area (Å²) in [6.45, 7) is 6.61. The molecule has 0 aromatic heterocycles. The van der Waals surface area contributed by atoms with Crippen LogP contribution in [-0.2, 0) is 28.6 Å². The molecule has 1 rings (SSSR count). The molecule has 8 nitrogen and oxygen atoms in total. The molecule has 0 bridgehead atoms. The highest BCUT2D eigenvalue weighted by Crippen LogP contribution is 2.36. The maximum absolute atomic E-state index is 11.9. The summed E-state index contributed by atoms with van der Waals surface area (Å²) in [6, 6.07) is -0.501. The number of ether oxygens (including phenoxy) is 3. The van der Waals surface area contributed by atoms with Crippen molar-refractivity contribution in [1.82, 2.24) is 5.32 Å². The molecule has 0 aromatic rings. The summed E-state index contributed by atoms with van der Waals surface area (Å²) in [5.74, 6) is -3.23. The number of carboxylic acid groups (broad SMARTS) is 1. The average molecular weight is 315 g/mol. The van der Waals surface area contributed by atoms with Crippen molar-refractivity contribution in [2.45, 2.75) is 26.3 Å². The van der Waals surface area contributed by atoms with E-state index in [9.17, 15) is 14.4 Å². The molecule has 3 unspecified atom stereocenters. The number of hydrogen-bond acceptors (Lipinski definition) is 6. The number of nitrogens with one attached hydrogen (secondary N) is 1. The summed E-state index contributed by atoms with van der Waals surface area (Å²) in [4.78, 5) is 34.0. The molecule has 0 aromatic carbocycles. The predicted molar refractivity (Wildman–Crippen MR) is 74.5 cm³/mol. The summed E-state index contributed by atoms with van der Waals surface area (Å²) in [5, 5.41) is 11.6. The molecule has 2 N–H and O–H groups in total. The first-order valence-corrected chi connectivity index (χ1v) is 6.85. The van der Waals surface area contributed by atoms with Crippen molar-refractivity contribution >= 4 is 17.8 Å². The standard InChI is InChI=1S/C14H21NO7/c1-8(2)22-7-20-4-5-21-14(19)12-10(13(17)18)6-11(12)15-9(3)16/h10-12H,1,4-7H2,2-3H3,(H,15,16)(H,17,18). The second kappa shape index (κ2) is 8.38. The number of allylic oxidation sites excluding steroid dienone is 1. The van der Waals surface area contributed by atoms with Crippen LogP contribution in [0.1, 0.15) is 20.3 Å². The second-order valence-electron chi connectivity index (χ2n) is 5.05. The van der Waals surface area contributed by atoms with Crippen molar-refractivity contribution in [3.8, 4) is 0 Å². The Morgan fingerprint density at radius 1 is 1.23 bits per heavy atom. The van der Waals surface area contributed by atoms with Gasteiger partial charge in [-0.3, -0.25) is 14.4 Å². The van der Waals surface area contributed by atoms with Gasteiger partial charge in [-0.15, -0.1) is 0 Å². The normalized spacial score (nSPS) is 23.1. The Bertz CT molecular complexity index is 448. The van der Waals surface area contributed by atoms with Crippen molar-refractivity contribution in [3.05, 3.63) is 12.3 Å². The van der Waals surface area contributed by atoms with Crippen molar-refractivity contribution < 1.29 is 33.7 Å². The molecule has 0 spiro atoms. The second-order valence-corrected chi connectivity index (χ2v) is 5.05. The molecule has 3 atom stereocenters. The van der Waals surface area contributed by atoms with E-state index < -0.39 is 29.8 Å². The fourth-order valence-corrected chi connectivity index (χ4v) is 2.14. The van der Waals surface area contributed by atoms with E-state index in [-0.39, 0.29) is 32.3 Å². The number of hydrogen-bond donors (Lipinski definition) is 2. The lowest BCUT2D eigenvalue weighted by Crippen LogP contribution is -2.58. The van der Waals surface area contributed by atoms with E-state index >= 15 is 0 Å². The molecule has 0 aliphatic heterocycles. The largest absolute Gasteiger partial charge is 0.481 e. The van der Waals surface area contributed by atoms with Crippen LogP contribution < -0.4 is 5.32 Å². The van der Waals surface area contributed by atoms with Crippen LogP contribution in [-0.4, -0.2) is 49.0 Å². The van der Waals surface area contributed by atoms with Crippen LogP contribution in [0.4, 0.5) is 0 Å². The number of carbonyl (C=O) groups excluding carboxylic acids is 2. The van der Waals surface area contributed by atoms with E-state index in [1.807, 2.05) is 0 Å². The Morgan fingerprint density at radius 3 is 2.45 bits per heavy atom. The molecule has 1 fully saturated rings. The molecule has 1 amide bonds. The van der Waals surface area contributed by atoms with Crippen molar-refractivity contribution in [2.75, 3.05) is 20.0 Å². The van der Waals surface area contributed by atoms with Crippen LogP contribution >= 0.6 is 0 Å². The number of esters is 1. The summed E-state index contributed by atoms with van der Waals surface area (Å²) < 4.78 is 15.0. The third-order valence-corrected chi connectivity index (χ3v) is 3.21. The van der Waals surface area contributed by atoms with Crippen LogP contribution in [0.2, 0.25) is 0 Å². The van der Waals surface area contributed by atoms with Gasteiger partial charge in [-0.1, -0.05) is 6.58 Å². The Hall–Kier alpha value is -2.09. The minimum atomic E-state index is -1.07. The minimum Gasteiger partial charge on any atom is -0.481 e. The number of carboxylic acids is 1. The monoisotopic (exact) mass is 315 g/mol. The van der Waals surface area contributed by atoms with Crippen molar-refractivity contribution in [2.24, 2.45) is 11.8 Å². The molecular weight excluding hydrogens is 294 g/mol. The SMILES string of the molecule is C=C(C)OCOCCOC(=O)C1C(NC(C)=O)CC1C(=O)O. The maximum atomic E-state index is 11.9. The van der Waals surface area contributed by atoms with E-state index in [1.54, 1.807) is 6.92 Å². The molecule has 1 saturated carbocycles. The first kappa shape index (κ1) is 18.0. The molecule has 124 valence electrons. The third-order valence-electron chi connectivity index (χ3n) is 3.21. The number of amides is 1. The molecule has 22 heavy (non-hydrogen) atoms. The van der Waals surface area contributed by atoms with Crippen LogP contribution in [0.15, 0.2) is 12.3 Å². The van der Waals surface area contributed by atoms with Crippen LogP contribution in [0.25, 0.3) is 0 Å². The average Bonchev–Trinajstić information content (AvgIpc) is 2.37. The highest BCUT2D eigenvalue weighted by molar-refractivity contribution is 5.85. The molecule has 0 heterocycles. The van der Waals surface area contributed by atoms with Gasteiger partial charge in [0.1, 0.15) is 6.61 Å². The summed E-state index contributed by atoms with van der Waals surface area (Å²) in [6.07, 6.45) is 0.220. The third kappa shape index (κ3) is 5.36. The number of rotatable bonds is 9. The van der Waals surface area contributed by atoms with Gasteiger partial charge in [0.2, 0.25) is 5.91 Å². The van der Waals surface area contributed by atoms with E-state index in [2.05, 4.69) is 11.9 Å². The zero-order valence-corrected chi connectivity index (χ0v) is 12.7. The van der Waals surface area contributed by atoms with Crippen LogP contribution in [0, 0.1) is 11.8 Å². The van der Waals surface area contributed by atoms with Gasteiger partial charge in [0.05, 0.1) is 24.2 Å². The van der Waals surface area contributed by atoms with E-state index in [0.717, 1.165) is 0 Å². The van der Waals surface area contributed by atoms with Gasteiger partial charge in [0.25, 0.3) is 0 Å². The molecule has 1 aliphatic rings. The summed E-state index contributed by atoms with van der Waals surface area (Å²) in [7, 11) is 0.